The molecule has 0 spiro atoms. The van der Waals surface area contributed by atoms with E-state index in [-0.39, 0.29) is 18.0 Å². The molecule has 1 fully saturated rings. The van der Waals surface area contributed by atoms with Gasteiger partial charge in [0.25, 0.3) is 0 Å². The van der Waals surface area contributed by atoms with E-state index < -0.39 is 5.41 Å². The van der Waals surface area contributed by atoms with Gasteiger partial charge in [0, 0.05) is 34.8 Å². The standard InChI is InChI=1S/C34H39N5O2S/c1-20-12-11-13-21(2)30(20)38-22(3)18-25(23(38)4)31-29(27-14-9-10-17-35-27)37-33(42)39(31)24-15-16-26(28(19-24)41-8)36-32(40)34(5,6)7/h9-19,29,31H,1-8H3,(H,36,40)(H,37,42)/t29-,31-/m1/s1. The number of nitrogens with one attached hydrogen (secondary N) is 2. The predicted molar refractivity (Wildman–Crippen MR) is 174 cm³/mol. The lowest BCUT2D eigenvalue weighted by Gasteiger charge is -2.29. The minimum absolute atomic E-state index is 0.0843. The Hall–Kier alpha value is -4.17. The van der Waals surface area contributed by atoms with Crippen molar-refractivity contribution in [3.63, 3.8) is 0 Å². The van der Waals surface area contributed by atoms with Crippen molar-refractivity contribution in [2.75, 3.05) is 17.3 Å². The Morgan fingerprint density at radius 2 is 1.71 bits per heavy atom. The highest BCUT2D eigenvalue weighted by Gasteiger charge is 2.42. The maximum absolute atomic E-state index is 12.8. The summed E-state index contributed by atoms with van der Waals surface area (Å²) >= 11 is 6.00. The van der Waals surface area contributed by atoms with Gasteiger partial charge < -0.3 is 24.8 Å². The zero-order valence-corrected chi connectivity index (χ0v) is 26.4. The summed E-state index contributed by atoms with van der Waals surface area (Å²) in [5.74, 6) is 0.480. The number of ether oxygens (including phenoxy) is 1. The summed E-state index contributed by atoms with van der Waals surface area (Å²) in [6, 6.07) is 20.1. The van der Waals surface area contributed by atoms with Crippen molar-refractivity contribution in [2.24, 2.45) is 5.41 Å². The molecule has 1 amide bonds. The number of hydrogen-bond acceptors (Lipinski definition) is 4. The Morgan fingerprint density at radius 3 is 2.33 bits per heavy atom. The van der Waals surface area contributed by atoms with E-state index in [1.54, 1.807) is 7.11 Å². The van der Waals surface area contributed by atoms with Crippen LogP contribution in [-0.4, -0.2) is 27.7 Å². The molecule has 2 aromatic heterocycles. The number of aromatic nitrogens is 2. The zero-order chi connectivity index (χ0) is 30.3. The molecule has 2 N–H and O–H groups in total. The summed E-state index contributed by atoms with van der Waals surface area (Å²) in [5.41, 5.74) is 8.94. The predicted octanol–water partition coefficient (Wildman–Crippen LogP) is 7.28. The number of para-hydroxylation sites is 1. The van der Waals surface area contributed by atoms with Gasteiger partial charge in [0.05, 0.1) is 36.3 Å². The molecule has 42 heavy (non-hydrogen) atoms. The van der Waals surface area contributed by atoms with Gasteiger partial charge >= 0.3 is 0 Å². The van der Waals surface area contributed by atoms with Gasteiger partial charge in [-0.25, -0.2) is 0 Å². The van der Waals surface area contributed by atoms with E-state index in [0.717, 1.165) is 28.3 Å². The number of benzene rings is 2. The number of carbonyl (C=O) groups is 1. The molecule has 0 saturated carbocycles. The molecule has 4 aromatic rings. The number of nitrogens with zero attached hydrogens (tertiary/aromatic N) is 3. The number of anilines is 2. The summed E-state index contributed by atoms with van der Waals surface area (Å²) < 4.78 is 8.10. The first kappa shape index (κ1) is 29.3. The van der Waals surface area contributed by atoms with Gasteiger partial charge in [-0.3, -0.25) is 9.78 Å². The highest BCUT2D eigenvalue weighted by Crippen LogP contribution is 2.45. The first-order chi connectivity index (χ1) is 19.9. The van der Waals surface area contributed by atoms with Crippen LogP contribution in [0.25, 0.3) is 5.69 Å². The lowest BCUT2D eigenvalue weighted by Crippen LogP contribution is -2.30. The van der Waals surface area contributed by atoms with Crippen molar-refractivity contribution in [1.29, 1.82) is 0 Å². The van der Waals surface area contributed by atoms with E-state index in [9.17, 15) is 4.79 Å². The third-order valence-electron chi connectivity index (χ3n) is 7.94. The Balaban J connectivity index is 1.65. The summed E-state index contributed by atoms with van der Waals surface area (Å²) in [7, 11) is 1.61. The van der Waals surface area contributed by atoms with Gasteiger partial charge in [-0.15, -0.1) is 0 Å². The van der Waals surface area contributed by atoms with Crippen LogP contribution in [0.2, 0.25) is 0 Å². The number of hydrogen-bond donors (Lipinski definition) is 2. The number of thiocarbonyl (C=S) groups is 1. The zero-order valence-electron chi connectivity index (χ0n) is 25.6. The summed E-state index contributed by atoms with van der Waals surface area (Å²) in [5, 5.41) is 7.18. The fraction of sp³-hybridized carbons (Fsp3) is 0.324. The van der Waals surface area contributed by atoms with E-state index in [1.807, 2.05) is 63.4 Å². The van der Waals surface area contributed by atoms with Gasteiger partial charge in [-0.1, -0.05) is 45.0 Å². The monoisotopic (exact) mass is 581 g/mol. The molecule has 2 aromatic carbocycles. The molecule has 1 aliphatic heterocycles. The quantitative estimate of drug-likeness (QED) is 0.233. The van der Waals surface area contributed by atoms with Crippen LogP contribution in [0.5, 0.6) is 5.75 Å². The Morgan fingerprint density at radius 1 is 1.00 bits per heavy atom. The topological polar surface area (TPSA) is 71.4 Å². The summed E-state index contributed by atoms with van der Waals surface area (Å²) in [6.45, 7) is 14.3. The summed E-state index contributed by atoms with van der Waals surface area (Å²) in [4.78, 5) is 19.6. The van der Waals surface area contributed by atoms with Crippen molar-refractivity contribution in [3.05, 3.63) is 101 Å². The Bertz CT molecular complexity index is 1630. The molecule has 0 aliphatic carbocycles. The van der Waals surface area contributed by atoms with Crippen LogP contribution >= 0.6 is 12.2 Å². The van der Waals surface area contributed by atoms with E-state index in [4.69, 9.17) is 21.9 Å². The normalized spacial score (nSPS) is 16.9. The molecule has 0 radical (unpaired) electrons. The van der Waals surface area contributed by atoms with Gasteiger partial charge in [0.1, 0.15) is 5.75 Å². The Labute approximate surface area is 253 Å². The van der Waals surface area contributed by atoms with E-state index in [0.29, 0.717) is 16.5 Å². The maximum atomic E-state index is 12.8. The lowest BCUT2D eigenvalue weighted by molar-refractivity contribution is -0.123. The van der Waals surface area contributed by atoms with Crippen LogP contribution < -0.4 is 20.3 Å². The molecule has 2 atom stereocenters. The van der Waals surface area contributed by atoms with E-state index in [1.165, 1.54) is 16.8 Å². The number of carbonyl (C=O) groups excluding carboxylic acids is 1. The molecule has 5 rings (SSSR count). The van der Waals surface area contributed by atoms with Crippen LogP contribution in [0.15, 0.2) is 66.9 Å². The number of pyridine rings is 1. The molecular weight excluding hydrogens is 542 g/mol. The Kier molecular flexibility index (Phi) is 7.86. The SMILES string of the molecule is COc1cc(N2C(=S)N[C@H](c3ccccn3)[C@H]2c2cc(C)n(-c3c(C)cccc3C)c2C)ccc1NC(=O)C(C)(C)C. The second-order valence-corrected chi connectivity index (χ2v) is 12.4. The molecule has 218 valence electrons. The smallest absolute Gasteiger partial charge is 0.229 e. The highest BCUT2D eigenvalue weighted by molar-refractivity contribution is 7.80. The van der Waals surface area contributed by atoms with Crippen molar-refractivity contribution in [2.45, 2.75) is 60.5 Å². The molecule has 1 aliphatic rings. The summed E-state index contributed by atoms with van der Waals surface area (Å²) in [6.07, 6.45) is 1.81. The van der Waals surface area contributed by atoms with Crippen LogP contribution in [-0.2, 0) is 4.79 Å². The minimum Gasteiger partial charge on any atom is -0.494 e. The van der Waals surface area contributed by atoms with Crippen molar-refractivity contribution in [1.82, 2.24) is 14.9 Å². The van der Waals surface area contributed by atoms with Crippen molar-refractivity contribution in [3.8, 4) is 11.4 Å². The molecule has 8 heteroatoms. The molecular formula is C34H39N5O2S. The number of amides is 1. The van der Waals surface area contributed by atoms with Crippen molar-refractivity contribution >= 4 is 34.6 Å². The average Bonchev–Trinajstić information content (AvgIpc) is 3.44. The van der Waals surface area contributed by atoms with Gasteiger partial charge in [0.2, 0.25) is 5.91 Å². The fourth-order valence-electron chi connectivity index (χ4n) is 5.78. The van der Waals surface area contributed by atoms with Crippen LogP contribution in [0.3, 0.4) is 0 Å². The van der Waals surface area contributed by atoms with Crippen LogP contribution in [0.4, 0.5) is 11.4 Å². The molecule has 7 nitrogen and oxygen atoms in total. The fourth-order valence-corrected chi connectivity index (χ4v) is 6.13. The van der Waals surface area contributed by atoms with E-state index >= 15 is 0 Å². The van der Waals surface area contributed by atoms with E-state index in [2.05, 4.69) is 72.1 Å². The highest BCUT2D eigenvalue weighted by atomic mass is 32.1. The first-order valence-corrected chi connectivity index (χ1v) is 14.6. The largest absolute Gasteiger partial charge is 0.494 e. The third-order valence-corrected chi connectivity index (χ3v) is 8.26. The molecule has 0 bridgehead atoms. The van der Waals surface area contributed by atoms with Gasteiger partial charge in [-0.2, -0.15) is 0 Å². The average molecular weight is 582 g/mol. The minimum atomic E-state index is -0.539. The maximum Gasteiger partial charge on any atom is 0.229 e. The second kappa shape index (κ2) is 11.2. The number of rotatable bonds is 6. The van der Waals surface area contributed by atoms with Gasteiger partial charge in [0.15, 0.2) is 5.11 Å². The van der Waals surface area contributed by atoms with Crippen LogP contribution in [0.1, 0.15) is 66.6 Å². The first-order valence-electron chi connectivity index (χ1n) is 14.2. The lowest BCUT2D eigenvalue weighted by atomic mass is 9.95. The number of aryl methyl sites for hydroxylation is 3. The van der Waals surface area contributed by atoms with Crippen molar-refractivity contribution < 1.29 is 9.53 Å². The third kappa shape index (κ3) is 5.27. The van der Waals surface area contributed by atoms with Crippen LogP contribution in [0, 0.1) is 33.1 Å². The van der Waals surface area contributed by atoms with Gasteiger partial charge in [-0.05, 0) is 86.9 Å². The number of methoxy groups -OCH3 is 1. The molecule has 1 saturated heterocycles. The second-order valence-electron chi connectivity index (χ2n) is 12.0. The molecule has 3 heterocycles. The molecule has 0 unspecified atom stereocenters.